The Kier molecular flexibility index (Phi) is 6.01. The topological polar surface area (TPSA) is 164 Å². The molecule has 2 aromatic heterocycles. The zero-order chi connectivity index (χ0) is 38.5. The first kappa shape index (κ1) is 31.6. The van der Waals surface area contributed by atoms with Gasteiger partial charge in [-0.05, 0) is 80.4 Å². The summed E-state index contributed by atoms with van der Waals surface area (Å²) in [5.74, 6) is 0. The Labute approximate surface area is 312 Å². The molecule has 56 heavy (non-hydrogen) atoms. The number of nitro benzene ring substituents is 3. The van der Waals surface area contributed by atoms with E-state index < -0.39 is 31.7 Å². The van der Waals surface area contributed by atoms with Crippen LogP contribution in [-0.4, -0.2) is 24.2 Å². The van der Waals surface area contributed by atoms with Crippen LogP contribution < -0.4 is 5.56 Å². The zero-order valence-corrected chi connectivity index (χ0v) is 29.4. The van der Waals surface area contributed by atoms with Gasteiger partial charge >= 0.3 is 0 Å². The SMILES string of the molecule is Cc1ccc2c3ccc4c(=O)n5c6cc([N+](=O)[O-])cc7c(-c8ccccc8)c8c([N+](=O)[O-])ccc([N+](=O)[O-])c8c(nc5c5ccc(c8ccc(C)c1c28)c3c45)c76. The molecular weight excluding hydrogens is 711 g/mol. The second-order valence-corrected chi connectivity index (χ2v) is 14.4. The molecule has 0 N–H and O–H groups in total. The van der Waals surface area contributed by atoms with E-state index in [0.717, 1.165) is 55.6 Å². The summed E-state index contributed by atoms with van der Waals surface area (Å²) in [6.07, 6.45) is 0. The fourth-order valence-electron chi connectivity index (χ4n) is 9.40. The van der Waals surface area contributed by atoms with E-state index in [4.69, 9.17) is 4.98 Å². The molecule has 0 unspecified atom stereocenters. The summed E-state index contributed by atoms with van der Waals surface area (Å²) < 4.78 is 1.34. The first-order valence-corrected chi connectivity index (χ1v) is 17.7. The lowest BCUT2D eigenvalue weighted by Gasteiger charge is -2.20. The van der Waals surface area contributed by atoms with Crippen LogP contribution in [0.5, 0.6) is 0 Å². The number of hydrogen-bond acceptors (Lipinski definition) is 8. The largest absolute Gasteiger partial charge is 0.279 e. The van der Waals surface area contributed by atoms with Crippen molar-refractivity contribution < 1.29 is 14.8 Å². The Hall–Kier alpha value is -7.86. The number of hydrogen-bond donors (Lipinski definition) is 0. The Morgan fingerprint density at radius 1 is 0.518 bits per heavy atom. The van der Waals surface area contributed by atoms with Crippen LogP contribution in [0.3, 0.4) is 0 Å². The zero-order valence-electron chi connectivity index (χ0n) is 29.4. The second kappa shape index (κ2) is 10.6. The molecular formula is C44H23N5O7. The lowest BCUT2D eigenvalue weighted by molar-refractivity contribution is -0.386. The number of non-ortho nitro benzene ring substituents is 3. The number of rotatable bonds is 4. The molecule has 266 valence electrons. The maximum Gasteiger partial charge on any atom is 0.279 e. The molecule has 0 saturated carbocycles. The van der Waals surface area contributed by atoms with Gasteiger partial charge in [0.25, 0.3) is 22.6 Å². The van der Waals surface area contributed by atoms with Gasteiger partial charge in [0.05, 0.1) is 36.6 Å². The van der Waals surface area contributed by atoms with Crippen molar-refractivity contribution in [3.05, 3.63) is 155 Å². The smallest absolute Gasteiger partial charge is 0.268 e. The summed E-state index contributed by atoms with van der Waals surface area (Å²) in [5, 5.41) is 47.0. The number of aromatic nitrogens is 2. The van der Waals surface area contributed by atoms with E-state index in [2.05, 4.69) is 38.1 Å². The summed E-state index contributed by atoms with van der Waals surface area (Å²) in [5.41, 5.74) is 1.42. The number of nitro groups is 3. The van der Waals surface area contributed by atoms with Gasteiger partial charge in [-0.3, -0.25) is 39.5 Å². The average molecular weight is 734 g/mol. The Morgan fingerprint density at radius 3 is 1.66 bits per heavy atom. The second-order valence-electron chi connectivity index (χ2n) is 14.4. The molecule has 0 radical (unpaired) electrons. The number of aryl methyl sites for hydroxylation is 2. The van der Waals surface area contributed by atoms with Crippen LogP contribution in [0.15, 0.2) is 108 Å². The molecule has 0 aliphatic carbocycles. The molecule has 0 bridgehead atoms. The Balaban J connectivity index is 1.45. The van der Waals surface area contributed by atoms with Crippen LogP contribution in [0.2, 0.25) is 0 Å². The van der Waals surface area contributed by atoms with Crippen molar-refractivity contribution in [2.24, 2.45) is 0 Å². The Morgan fingerprint density at radius 2 is 1.05 bits per heavy atom. The minimum atomic E-state index is -0.623. The molecule has 9 aromatic carbocycles. The lowest BCUT2D eigenvalue weighted by atomic mass is 9.85. The Bertz CT molecular complexity index is 3670. The van der Waals surface area contributed by atoms with Gasteiger partial charge in [0, 0.05) is 56.8 Å². The molecule has 0 aliphatic heterocycles. The maximum absolute atomic E-state index is 15.0. The monoisotopic (exact) mass is 733 g/mol. The summed E-state index contributed by atoms with van der Waals surface area (Å²) in [6, 6.07) is 29.2. The molecule has 0 amide bonds. The van der Waals surface area contributed by atoms with Crippen molar-refractivity contribution in [3.63, 3.8) is 0 Å². The number of fused-ring (bicyclic) bond motifs is 7. The van der Waals surface area contributed by atoms with Gasteiger partial charge in [-0.15, -0.1) is 0 Å². The van der Waals surface area contributed by atoms with Crippen molar-refractivity contribution in [2.75, 3.05) is 0 Å². The van der Waals surface area contributed by atoms with E-state index in [1.165, 1.54) is 21.9 Å². The number of nitrogens with zero attached hydrogens (tertiary/aromatic N) is 5. The van der Waals surface area contributed by atoms with E-state index in [-0.39, 0.29) is 49.5 Å². The minimum absolute atomic E-state index is 0.0130. The first-order valence-electron chi connectivity index (χ1n) is 17.7. The summed E-state index contributed by atoms with van der Waals surface area (Å²) in [6.45, 7) is 4.18. The minimum Gasteiger partial charge on any atom is -0.268 e. The molecule has 12 heteroatoms. The van der Waals surface area contributed by atoms with Crippen molar-refractivity contribution in [3.8, 4) is 11.1 Å². The number of benzene rings is 9. The highest BCUT2D eigenvalue weighted by molar-refractivity contribution is 6.38. The van der Waals surface area contributed by atoms with Crippen LogP contribution in [0.1, 0.15) is 11.1 Å². The van der Waals surface area contributed by atoms with Crippen molar-refractivity contribution in [2.45, 2.75) is 13.8 Å². The molecule has 0 spiro atoms. The third kappa shape index (κ3) is 3.81. The lowest BCUT2D eigenvalue weighted by Crippen LogP contribution is -2.17. The predicted molar refractivity (Wildman–Crippen MR) is 219 cm³/mol. The highest BCUT2D eigenvalue weighted by Gasteiger charge is 2.32. The molecule has 2 heterocycles. The van der Waals surface area contributed by atoms with E-state index in [0.29, 0.717) is 21.7 Å². The molecule has 12 nitrogen and oxygen atoms in total. The highest BCUT2D eigenvalue weighted by atomic mass is 16.6. The molecule has 0 saturated heterocycles. The van der Waals surface area contributed by atoms with Gasteiger partial charge in [-0.1, -0.05) is 66.7 Å². The average Bonchev–Trinajstić information content (AvgIpc) is 3.19. The van der Waals surface area contributed by atoms with Crippen LogP contribution in [0.4, 0.5) is 17.1 Å². The highest BCUT2D eigenvalue weighted by Crippen LogP contribution is 2.50. The van der Waals surface area contributed by atoms with Crippen LogP contribution in [0.25, 0.3) is 103 Å². The van der Waals surface area contributed by atoms with Gasteiger partial charge in [0.1, 0.15) is 5.65 Å². The molecule has 11 rings (SSSR count). The van der Waals surface area contributed by atoms with Gasteiger partial charge < -0.3 is 0 Å². The molecule has 0 fully saturated rings. The van der Waals surface area contributed by atoms with E-state index >= 15 is 4.79 Å². The van der Waals surface area contributed by atoms with Crippen LogP contribution >= 0.6 is 0 Å². The van der Waals surface area contributed by atoms with Crippen molar-refractivity contribution >= 4 is 109 Å². The summed E-state index contributed by atoms with van der Waals surface area (Å²) in [4.78, 5) is 56.5. The number of pyridine rings is 1. The van der Waals surface area contributed by atoms with E-state index in [1.807, 2.05) is 18.2 Å². The van der Waals surface area contributed by atoms with Crippen molar-refractivity contribution in [1.82, 2.24) is 9.38 Å². The summed E-state index contributed by atoms with van der Waals surface area (Å²) >= 11 is 0. The van der Waals surface area contributed by atoms with Gasteiger partial charge in [0.2, 0.25) is 0 Å². The normalized spacial score (nSPS) is 12.2. The predicted octanol–water partition coefficient (Wildman–Crippen LogP) is 10.8. The standard InChI is InChI=1S/C44H23N5O7/c1-20-8-10-24-26-12-14-28-38-29(15-13-27(37(26)38)25-11-9-21(2)34(20)36(24)25)44(50)46-33-19-23(47(51)52)18-30-35(22-6-4-3-5-7-22)40-31(48(53)54)16-17-32(49(55)56)41(40)42(39(30)33)45-43(28)46/h3-19H,1-2H3. The van der Waals surface area contributed by atoms with Crippen LogP contribution in [-0.2, 0) is 0 Å². The quantitative estimate of drug-likeness (QED) is 0.0746. The van der Waals surface area contributed by atoms with Gasteiger partial charge in [0.15, 0.2) is 0 Å². The molecule has 11 aromatic rings. The molecule has 0 aliphatic rings. The first-order chi connectivity index (χ1) is 27.0. The third-order valence-corrected chi connectivity index (χ3v) is 11.6. The third-order valence-electron chi connectivity index (χ3n) is 11.6. The van der Waals surface area contributed by atoms with E-state index in [9.17, 15) is 30.3 Å². The fourth-order valence-corrected chi connectivity index (χ4v) is 9.40. The maximum atomic E-state index is 15.0. The van der Waals surface area contributed by atoms with Crippen LogP contribution in [0, 0.1) is 44.2 Å². The molecule has 0 atom stereocenters. The van der Waals surface area contributed by atoms with Gasteiger partial charge in [-0.25, -0.2) is 4.98 Å². The fraction of sp³-hybridized carbons (Fsp3) is 0.0455. The summed E-state index contributed by atoms with van der Waals surface area (Å²) in [7, 11) is 0. The van der Waals surface area contributed by atoms with Gasteiger partial charge in [-0.2, -0.15) is 0 Å². The van der Waals surface area contributed by atoms with Crippen molar-refractivity contribution in [1.29, 1.82) is 0 Å². The van der Waals surface area contributed by atoms with E-state index in [1.54, 1.807) is 36.4 Å².